The Morgan fingerprint density at radius 1 is 1.07 bits per heavy atom. The molecule has 154 valence electrons. The quantitative estimate of drug-likeness (QED) is 0.517. The Bertz CT molecular complexity index is 1210. The molecular weight excluding hydrogens is 441 g/mol. The molecule has 7 heteroatoms. The van der Waals surface area contributed by atoms with Crippen molar-refractivity contribution in [1.82, 2.24) is 15.3 Å². The molecule has 2 aliphatic rings. The van der Waals surface area contributed by atoms with Gasteiger partial charge in [0.05, 0.1) is 37.9 Å². The summed E-state index contributed by atoms with van der Waals surface area (Å²) in [6.45, 7) is 4.67. The Kier molecular flexibility index (Phi) is 4.55. The van der Waals surface area contributed by atoms with Crippen molar-refractivity contribution in [3.63, 3.8) is 0 Å². The van der Waals surface area contributed by atoms with Crippen LogP contribution in [0.2, 0.25) is 15.1 Å². The Balaban J connectivity index is 1.59. The number of nitrogens with zero attached hydrogens (tertiary/aromatic N) is 2. The fraction of sp³-hybridized carbons (Fsp3) is 0.348. The monoisotopic (exact) mass is 459 g/mol. The number of aromatic nitrogens is 2. The number of carbonyl (C=O) groups is 1. The molecule has 1 N–H and O–H groups in total. The van der Waals surface area contributed by atoms with Crippen molar-refractivity contribution >= 4 is 51.7 Å². The average molecular weight is 461 g/mol. The molecule has 2 atom stereocenters. The second-order valence-electron chi connectivity index (χ2n) is 8.70. The van der Waals surface area contributed by atoms with Crippen LogP contribution in [0, 0.1) is 5.41 Å². The fourth-order valence-electron chi connectivity index (χ4n) is 5.35. The molecule has 2 unspecified atom stereocenters. The van der Waals surface area contributed by atoms with Gasteiger partial charge in [-0.05, 0) is 42.0 Å². The molecule has 30 heavy (non-hydrogen) atoms. The van der Waals surface area contributed by atoms with Crippen LogP contribution >= 0.6 is 34.8 Å². The van der Waals surface area contributed by atoms with E-state index in [0.29, 0.717) is 32.6 Å². The molecule has 5 rings (SSSR count). The van der Waals surface area contributed by atoms with E-state index in [1.165, 1.54) is 0 Å². The zero-order chi connectivity index (χ0) is 21.3. The third-order valence-electron chi connectivity index (χ3n) is 7.03. The van der Waals surface area contributed by atoms with Crippen molar-refractivity contribution in [1.29, 1.82) is 0 Å². The lowest BCUT2D eigenvalue weighted by atomic mass is 9.67. The normalized spacial score (nSPS) is 23.6. The zero-order valence-corrected chi connectivity index (χ0v) is 18.9. The molecule has 0 saturated heterocycles. The highest BCUT2D eigenvalue weighted by Gasteiger charge is 2.67. The van der Waals surface area contributed by atoms with Crippen LogP contribution in [0.15, 0.2) is 36.4 Å². The lowest BCUT2D eigenvalue weighted by molar-refractivity contribution is -0.130. The summed E-state index contributed by atoms with van der Waals surface area (Å²) in [7, 11) is 0. The molecule has 1 aromatic heterocycles. The summed E-state index contributed by atoms with van der Waals surface area (Å²) in [6.07, 6.45) is 1.65. The van der Waals surface area contributed by atoms with Gasteiger partial charge in [-0.2, -0.15) is 0 Å². The number of halogens is 3. The summed E-state index contributed by atoms with van der Waals surface area (Å²) in [5, 5.41) is 4.65. The van der Waals surface area contributed by atoms with E-state index in [2.05, 4.69) is 19.2 Å². The first-order valence-corrected chi connectivity index (χ1v) is 11.1. The second kappa shape index (κ2) is 6.81. The van der Waals surface area contributed by atoms with Gasteiger partial charge in [-0.25, -0.2) is 9.97 Å². The maximum absolute atomic E-state index is 13.7. The predicted molar refractivity (Wildman–Crippen MR) is 120 cm³/mol. The third kappa shape index (κ3) is 2.63. The van der Waals surface area contributed by atoms with E-state index in [1.807, 2.05) is 24.3 Å². The van der Waals surface area contributed by atoms with Crippen LogP contribution in [0.1, 0.15) is 49.6 Å². The summed E-state index contributed by atoms with van der Waals surface area (Å²) >= 11 is 18.7. The largest absolute Gasteiger partial charge is 0.351 e. The smallest absolute Gasteiger partial charge is 0.233 e. The predicted octanol–water partition coefficient (Wildman–Crippen LogP) is 6.06. The Labute approximate surface area is 190 Å². The summed E-state index contributed by atoms with van der Waals surface area (Å²) in [6, 6.07) is 11.0. The lowest BCUT2D eigenvalue weighted by Gasteiger charge is -2.36. The molecule has 0 radical (unpaired) electrons. The van der Waals surface area contributed by atoms with E-state index in [4.69, 9.17) is 44.8 Å². The van der Waals surface area contributed by atoms with Gasteiger partial charge in [0.2, 0.25) is 5.91 Å². The van der Waals surface area contributed by atoms with E-state index in [-0.39, 0.29) is 17.2 Å². The van der Waals surface area contributed by atoms with Crippen molar-refractivity contribution in [3.05, 3.63) is 68.4 Å². The number of amides is 1. The van der Waals surface area contributed by atoms with Crippen LogP contribution in [0.5, 0.6) is 0 Å². The molecule has 3 aromatic rings. The summed E-state index contributed by atoms with van der Waals surface area (Å²) in [4.78, 5) is 23.5. The molecule has 4 nitrogen and oxygen atoms in total. The van der Waals surface area contributed by atoms with E-state index >= 15 is 0 Å². The molecule has 1 heterocycles. The maximum Gasteiger partial charge on any atom is 0.233 e. The summed E-state index contributed by atoms with van der Waals surface area (Å²) in [5.74, 6) is 0.146. The van der Waals surface area contributed by atoms with Gasteiger partial charge in [-0.15, -0.1) is 0 Å². The first kappa shape index (κ1) is 20.0. The number of nitrogens with one attached hydrogen (secondary N) is 1. The molecule has 1 fully saturated rings. The van der Waals surface area contributed by atoms with Gasteiger partial charge in [-0.1, -0.05) is 66.8 Å². The first-order chi connectivity index (χ1) is 14.3. The van der Waals surface area contributed by atoms with Crippen molar-refractivity contribution in [2.24, 2.45) is 5.41 Å². The molecule has 0 spiro atoms. The van der Waals surface area contributed by atoms with Crippen molar-refractivity contribution in [3.8, 4) is 0 Å². The highest BCUT2D eigenvalue weighted by Crippen LogP contribution is 2.67. The molecule has 0 aliphatic heterocycles. The van der Waals surface area contributed by atoms with E-state index in [1.54, 1.807) is 12.1 Å². The standard InChI is InChI=1S/C23H20Cl3N3O/c1-22(2)13-7-8-23(22,21(30)27-11-12-5-3-4-6-14(12)24)20-19(13)28-17-9-15(25)16(26)10-18(17)29-20/h3-6,9-10,13H,7-8,11H2,1-2H3,(H,27,30). The molecule has 2 aromatic carbocycles. The van der Waals surface area contributed by atoms with Crippen LogP contribution in [0.3, 0.4) is 0 Å². The lowest BCUT2D eigenvalue weighted by Crippen LogP contribution is -2.49. The SMILES string of the molecule is CC1(C)C2CCC1(C(=O)NCc1ccccc1Cl)c1nc3cc(Cl)c(Cl)cc3nc12. The van der Waals surface area contributed by atoms with Crippen molar-refractivity contribution in [2.75, 3.05) is 0 Å². The van der Waals surface area contributed by atoms with E-state index in [0.717, 1.165) is 29.8 Å². The minimum atomic E-state index is -0.735. The second-order valence-corrected chi connectivity index (χ2v) is 9.93. The van der Waals surface area contributed by atoms with Gasteiger partial charge in [0.15, 0.2) is 0 Å². The van der Waals surface area contributed by atoms with Gasteiger partial charge < -0.3 is 5.32 Å². The minimum Gasteiger partial charge on any atom is -0.351 e. The third-order valence-corrected chi connectivity index (χ3v) is 8.12. The highest BCUT2D eigenvalue weighted by molar-refractivity contribution is 6.42. The van der Waals surface area contributed by atoms with Crippen molar-refractivity contribution in [2.45, 2.75) is 44.6 Å². The Morgan fingerprint density at radius 2 is 1.73 bits per heavy atom. The van der Waals surface area contributed by atoms with Gasteiger partial charge in [0, 0.05) is 17.5 Å². The van der Waals surface area contributed by atoms with Gasteiger partial charge in [0.1, 0.15) is 0 Å². The van der Waals surface area contributed by atoms with E-state index < -0.39 is 5.41 Å². The molecule has 1 amide bonds. The summed E-state index contributed by atoms with van der Waals surface area (Å²) < 4.78 is 0. The first-order valence-electron chi connectivity index (χ1n) is 9.94. The molecular formula is C23H20Cl3N3O. The van der Waals surface area contributed by atoms with Crippen LogP contribution < -0.4 is 5.32 Å². The Hall–Kier alpha value is -1.88. The molecule has 2 aliphatic carbocycles. The number of rotatable bonds is 3. The maximum atomic E-state index is 13.7. The topological polar surface area (TPSA) is 54.9 Å². The highest BCUT2D eigenvalue weighted by atomic mass is 35.5. The molecule has 1 saturated carbocycles. The average Bonchev–Trinajstić information content (AvgIpc) is 3.08. The number of hydrogen-bond acceptors (Lipinski definition) is 3. The van der Waals surface area contributed by atoms with Crippen LogP contribution in [-0.4, -0.2) is 15.9 Å². The summed E-state index contributed by atoms with van der Waals surface area (Å²) in [5.41, 5.74) is 2.90. The van der Waals surface area contributed by atoms with Crippen molar-refractivity contribution < 1.29 is 4.79 Å². The number of hydrogen-bond donors (Lipinski definition) is 1. The van der Waals surface area contributed by atoms with Crippen LogP contribution in [0.4, 0.5) is 0 Å². The fourth-order valence-corrected chi connectivity index (χ4v) is 5.87. The zero-order valence-electron chi connectivity index (χ0n) is 16.6. The number of benzene rings is 2. The van der Waals surface area contributed by atoms with Crippen LogP contribution in [-0.2, 0) is 16.8 Å². The van der Waals surface area contributed by atoms with E-state index in [9.17, 15) is 4.79 Å². The van der Waals surface area contributed by atoms with Gasteiger partial charge >= 0.3 is 0 Å². The number of carbonyl (C=O) groups excluding carboxylic acids is 1. The Morgan fingerprint density at radius 3 is 2.43 bits per heavy atom. The van der Waals surface area contributed by atoms with Gasteiger partial charge in [-0.3, -0.25) is 4.79 Å². The number of fused-ring (bicyclic) bond motifs is 6. The molecule has 2 bridgehead atoms. The van der Waals surface area contributed by atoms with Crippen LogP contribution in [0.25, 0.3) is 11.0 Å². The minimum absolute atomic E-state index is 0.0256. The van der Waals surface area contributed by atoms with Gasteiger partial charge in [0.25, 0.3) is 0 Å².